The molecule has 1 aliphatic heterocycles. The summed E-state index contributed by atoms with van der Waals surface area (Å²) in [4.78, 5) is 24.5. The van der Waals surface area contributed by atoms with Gasteiger partial charge < -0.3 is 20.0 Å². The van der Waals surface area contributed by atoms with Crippen LogP contribution in [-0.4, -0.2) is 61.1 Å². The van der Waals surface area contributed by atoms with Gasteiger partial charge in [-0.25, -0.2) is 9.78 Å². The molecule has 3 rings (SSSR count). The molecule has 0 aromatic carbocycles. The van der Waals surface area contributed by atoms with Gasteiger partial charge in [0.15, 0.2) is 0 Å². The second-order valence-electron chi connectivity index (χ2n) is 6.78. The van der Waals surface area contributed by atoms with Crippen molar-refractivity contribution in [1.29, 1.82) is 0 Å². The van der Waals surface area contributed by atoms with Gasteiger partial charge in [-0.2, -0.15) is 0 Å². The normalized spacial score (nSPS) is 16.3. The third-order valence-electron chi connectivity index (χ3n) is 4.94. The number of aromatic nitrogens is 1. The molecule has 0 radical (unpaired) electrons. The zero-order valence-corrected chi connectivity index (χ0v) is 16.5. The predicted molar refractivity (Wildman–Crippen MR) is 107 cm³/mol. The number of piperazine rings is 1. The summed E-state index contributed by atoms with van der Waals surface area (Å²) in [6, 6.07) is 8.14. The van der Waals surface area contributed by atoms with Gasteiger partial charge in [-0.3, -0.25) is 0 Å². The van der Waals surface area contributed by atoms with E-state index in [1.54, 1.807) is 16.2 Å². The van der Waals surface area contributed by atoms with Crippen LogP contribution in [-0.2, 0) is 6.54 Å². The SMILES string of the molecule is CC(c1cccs1)N(C)C(=O)NCc1ccc(N2CCN(C)CC2)nc1. The molecule has 140 valence electrons. The average Bonchev–Trinajstić information content (AvgIpc) is 3.21. The number of hydrogen-bond acceptors (Lipinski definition) is 5. The first-order valence-electron chi connectivity index (χ1n) is 8.97. The zero-order chi connectivity index (χ0) is 18.5. The highest BCUT2D eigenvalue weighted by Gasteiger charge is 2.18. The highest BCUT2D eigenvalue weighted by atomic mass is 32.1. The summed E-state index contributed by atoms with van der Waals surface area (Å²) >= 11 is 1.67. The summed E-state index contributed by atoms with van der Waals surface area (Å²) in [6.07, 6.45) is 1.86. The van der Waals surface area contributed by atoms with Gasteiger partial charge in [-0.05, 0) is 37.0 Å². The van der Waals surface area contributed by atoms with Gasteiger partial charge in [-0.15, -0.1) is 11.3 Å². The molecule has 0 bridgehead atoms. The Kier molecular flexibility index (Phi) is 6.11. The minimum absolute atomic E-state index is 0.0627. The lowest BCUT2D eigenvalue weighted by Gasteiger charge is -2.33. The highest BCUT2D eigenvalue weighted by Crippen LogP contribution is 2.23. The number of anilines is 1. The molecule has 7 heteroatoms. The van der Waals surface area contributed by atoms with E-state index in [-0.39, 0.29) is 12.1 Å². The number of thiophene rings is 1. The first kappa shape index (κ1) is 18.7. The molecule has 1 atom stereocenters. The third-order valence-corrected chi connectivity index (χ3v) is 5.98. The first-order chi connectivity index (χ1) is 12.5. The van der Waals surface area contributed by atoms with Crippen molar-refractivity contribution in [3.8, 4) is 0 Å². The van der Waals surface area contributed by atoms with Gasteiger partial charge in [0.05, 0.1) is 6.04 Å². The fourth-order valence-electron chi connectivity index (χ4n) is 2.94. The van der Waals surface area contributed by atoms with Crippen LogP contribution >= 0.6 is 11.3 Å². The summed E-state index contributed by atoms with van der Waals surface area (Å²) in [5.74, 6) is 1.01. The molecule has 1 unspecified atom stereocenters. The Balaban J connectivity index is 1.50. The molecule has 26 heavy (non-hydrogen) atoms. The molecule has 2 amide bonds. The van der Waals surface area contributed by atoms with Gasteiger partial charge in [0.2, 0.25) is 0 Å². The Labute approximate surface area is 159 Å². The molecular formula is C19H27N5OS. The van der Waals surface area contributed by atoms with Crippen LogP contribution in [0.15, 0.2) is 35.8 Å². The van der Waals surface area contributed by atoms with Crippen molar-refractivity contribution < 1.29 is 4.79 Å². The maximum absolute atomic E-state index is 12.4. The molecule has 1 N–H and O–H groups in total. The molecule has 1 aliphatic rings. The summed E-state index contributed by atoms with van der Waals surface area (Å²) in [7, 11) is 3.97. The fourth-order valence-corrected chi connectivity index (χ4v) is 3.77. The van der Waals surface area contributed by atoms with Gasteiger partial charge in [0.25, 0.3) is 0 Å². The molecule has 2 aromatic rings. The summed E-state index contributed by atoms with van der Waals surface area (Å²) < 4.78 is 0. The quantitative estimate of drug-likeness (QED) is 0.876. The molecule has 1 fully saturated rings. The Hall–Kier alpha value is -2.12. The second kappa shape index (κ2) is 8.51. The van der Waals surface area contributed by atoms with Gasteiger partial charge >= 0.3 is 6.03 Å². The van der Waals surface area contributed by atoms with Crippen LogP contribution < -0.4 is 10.2 Å². The lowest BCUT2D eigenvalue weighted by atomic mass is 10.2. The minimum atomic E-state index is -0.0750. The highest BCUT2D eigenvalue weighted by molar-refractivity contribution is 7.10. The van der Waals surface area contributed by atoms with E-state index in [0.29, 0.717) is 6.54 Å². The number of nitrogens with one attached hydrogen (secondary N) is 1. The van der Waals surface area contributed by atoms with Gasteiger partial charge in [0, 0.05) is 50.8 Å². The van der Waals surface area contributed by atoms with Crippen LogP contribution in [0.4, 0.5) is 10.6 Å². The lowest BCUT2D eigenvalue weighted by molar-refractivity contribution is 0.194. The molecular weight excluding hydrogens is 346 g/mol. The van der Waals surface area contributed by atoms with E-state index in [1.807, 2.05) is 43.7 Å². The van der Waals surface area contributed by atoms with E-state index in [0.717, 1.165) is 37.6 Å². The Bertz CT molecular complexity index is 695. The van der Waals surface area contributed by atoms with Crippen LogP contribution in [0.5, 0.6) is 0 Å². The van der Waals surface area contributed by atoms with E-state index in [9.17, 15) is 4.79 Å². The van der Waals surface area contributed by atoms with Crippen LogP contribution in [0.1, 0.15) is 23.4 Å². The van der Waals surface area contributed by atoms with Gasteiger partial charge in [-0.1, -0.05) is 12.1 Å². The number of carbonyl (C=O) groups is 1. The standard InChI is InChI=1S/C19H27N5OS/c1-15(17-5-4-12-26-17)23(3)19(25)21-14-16-6-7-18(20-13-16)24-10-8-22(2)9-11-24/h4-7,12-13,15H,8-11,14H2,1-3H3,(H,21,25). The molecule has 3 heterocycles. The Morgan fingerprint density at radius 1 is 1.31 bits per heavy atom. The Morgan fingerprint density at radius 3 is 2.69 bits per heavy atom. The molecule has 0 spiro atoms. The van der Waals surface area contributed by atoms with Crippen LogP contribution in [0.25, 0.3) is 0 Å². The lowest BCUT2D eigenvalue weighted by Crippen LogP contribution is -2.44. The van der Waals surface area contributed by atoms with Crippen LogP contribution in [0, 0.1) is 0 Å². The first-order valence-corrected chi connectivity index (χ1v) is 9.85. The largest absolute Gasteiger partial charge is 0.354 e. The van der Waals surface area contributed by atoms with Gasteiger partial charge in [0.1, 0.15) is 5.82 Å². The monoisotopic (exact) mass is 373 g/mol. The number of likely N-dealkylation sites (N-methyl/N-ethyl adjacent to an activating group) is 1. The fraction of sp³-hybridized carbons (Fsp3) is 0.474. The maximum Gasteiger partial charge on any atom is 0.317 e. The third kappa shape index (κ3) is 4.53. The number of nitrogens with zero attached hydrogens (tertiary/aromatic N) is 4. The summed E-state index contributed by atoms with van der Waals surface area (Å²) in [6.45, 7) is 6.66. The molecule has 6 nitrogen and oxygen atoms in total. The van der Waals surface area contributed by atoms with Crippen molar-refractivity contribution in [3.05, 3.63) is 46.3 Å². The topological polar surface area (TPSA) is 51.7 Å². The van der Waals surface area contributed by atoms with Crippen LogP contribution in [0.2, 0.25) is 0 Å². The number of carbonyl (C=O) groups excluding carboxylic acids is 1. The predicted octanol–water partition coefficient (Wildman–Crippen LogP) is 2.80. The van der Waals surface area contributed by atoms with E-state index in [4.69, 9.17) is 0 Å². The molecule has 1 saturated heterocycles. The van der Waals surface area contributed by atoms with Crippen molar-refractivity contribution in [2.45, 2.75) is 19.5 Å². The van der Waals surface area contributed by atoms with Crippen molar-refractivity contribution >= 4 is 23.2 Å². The number of pyridine rings is 1. The second-order valence-corrected chi connectivity index (χ2v) is 7.76. The number of hydrogen-bond donors (Lipinski definition) is 1. The van der Waals surface area contributed by atoms with E-state index >= 15 is 0 Å². The number of amides is 2. The van der Waals surface area contributed by atoms with E-state index < -0.39 is 0 Å². The molecule has 0 aliphatic carbocycles. The molecule has 2 aromatic heterocycles. The van der Waals surface area contributed by atoms with Crippen molar-refractivity contribution in [3.63, 3.8) is 0 Å². The van der Waals surface area contributed by atoms with E-state index in [2.05, 4.69) is 33.2 Å². The zero-order valence-electron chi connectivity index (χ0n) is 15.7. The minimum Gasteiger partial charge on any atom is -0.354 e. The van der Waals surface area contributed by atoms with Crippen molar-refractivity contribution in [2.75, 3.05) is 45.2 Å². The molecule has 0 saturated carbocycles. The van der Waals surface area contributed by atoms with Crippen molar-refractivity contribution in [2.24, 2.45) is 0 Å². The summed E-state index contributed by atoms with van der Waals surface area (Å²) in [5.41, 5.74) is 1.01. The maximum atomic E-state index is 12.4. The Morgan fingerprint density at radius 2 is 2.08 bits per heavy atom. The number of rotatable bonds is 5. The summed E-state index contributed by atoms with van der Waals surface area (Å²) in [5, 5.41) is 5.01. The average molecular weight is 374 g/mol. The van der Waals surface area contributed by atoms with E-state index in [1.165, 1.54) is 4.88 Å². The van der Waals surface area contributed by atoms with Crippen LogP contribution in [0.3, 0.4) is 0 Å². The smallest absolute Gasteiger partial charge is 0.317 e. The number of urea groups is 1. The van der Waals surface area contributed by atoms with Crippen molar-refractivity contribution in [1.82, 2.24) is 20.1 Å².